The van der Waals surface area contributed by atoms with E-state index in [2.05, 4.69) is 10.6 Å². The average molecular weight is 154 g/mol. The van der Waals surface area contributed by atoms with Crippen LogP contribution in [0.2, 0.25) is 0 Å². The highest BCUT2D eigenvalue weighted by Crippen LogP contribution is 2.20. The largest absolute Gasteiger partial charge is 0.315 e. The molecule has 0 aliphatic carbocycles. The van der Waals surface area contributed by atoms with Crippen LogP contribution in [-0.2, 0) is 9.59 Å². The van der Waals surface area contributed by atoms with Gasteiger partial charge >= 0.3 is 0 Å². The first-order valence-corrected chi connectivity index (χ1v) is 3.83. The third-order valence-corrected chi connectivity index (χ3v) is 2.34. The lowest BCUT2D eigenvalue weighted by Crippen LogP contribution is -2.55. The van der Waals surface area contributed by atoms with Gasteiger partial charge in [0.05, 0.1) is 11.8 Å². The molecular formula is C7H10N2O2. The molecule has 4 nitrogen and oxygen atoms in total. The summed E-state index contributed by atoms with van der Waals surface area (Å²) >= 11 is 0. The lowest BCUT2D eigenvalue weighted by molar-refractivity contribution is -0.140. The van der Waals surface area contributed by atoms with Crippen molar-refractivity contribution in [3.05, 3.63) is 0 Å². The molecule has 0 radical (unpaired) electrons. The fraction of sp³-hybridized carbons (Fsp3) is 0.714. The molecule has 0 aromatic carbocycles. The van der Waals surface area contributed by atoms with Gasteiger partial charge in [-0.05, 0) is 6.42 Å². The Labute approximate surface area is 64.3 Å². The number of carbonyl (C=O) groups excluding carboxylic acids is 2. The van der Waals surface area contributed by atoms with E-state index >= 15 is 0 Å². The maximum atomic E-state index is 11.0. The van der Waals surface area contributed by atoms with Gasteiger partial charge < -0.3 is 5.32 Å². The van der Waals surface area contributed by atoms with Crippen molar-refractivity contribution in [3.8, 4) is 0 Å². The Hall–Kier alpha value is -0.900. The molecule has 2 fully saturated rings. The zero-order valence-corrected chi connectivity index (χ0v) is 6.09. The molecule has 0 saturated carbocycles. The predicted octanol–water partition coefficient (Wildman–Crippen LogP) is -1.13. The normalized spacial score (nSPS) is 36.7. The van der Waals surface area contributed by atoms with Crippen LogP contribution in [0, 0.1) is 11.8 Å². The van der Waals surface area contributed by atoms with E-state index in [-0.39, 0.29) is 23.7 Å². The number of hydrogen-bond acceptors (Lipinski definition) is 3. The molecule has 0 unspecified atom stereocenters. The second-order valence-corrected chi connectivity index (χ2v) is 3.14. The summed E-state index contributed by atoms with van der Waals surface area (Å²) < 4.78 is 0. The molecule has 2 heterocycles. The van der Waals surface area contributed by atoms with Gasteiger partial charge in [0, 0.05) is 13.1 Å². The Morgan fingerprint density at radius 1 is 1.09 bits per heavy atom. The van der Waals surface area contributed by atoms with Crippen LogP contribution in [0.4, 0.5) is 0 Å². The SMILES string of the molecule is O=C1NC(=O)[C@H]2CNC[C@@H]1C2. The Bertz CT molecular complexity index is 194. The summed E-state index contributed by atoms with van der Waals surface area (Å²) in [5, 5.41) is 5.43. The fourth-order valence-corrected chi connectivity index (χ4v) is 1.67. The lowest BCUT2D eigenvalue weighted by Gasteiger charge is -2.32. The minimum Gasteiger partial charge on any atom is -0.315 e. The van der Waals surface area contributed by atoms with E-state index in [9.17, 15) is 9.59 Å². The lowest BCUT2D eigenvalue weighted by atomic mass is 9.86. The van der Waals surface area contributed by atoms with Gasteiger partial charge in [-0.3, -0.25) is 14.9 Å². The summed E-state index contributed by atoms with van der Waals surface area (Å²) in [5.41, 5.74) is 0. The van der Waals surface area contributed by atoms with Crippen molar-refractivity contribution in [1.29, 1.82) is 0 Å². The molecule has 0 spiro atoms. The third kappa shape index (κ3) is 1.03. The molecular weight excluding hydrogens is 144 g/mol. The molecule has 2 amide bonds. The number of piperidine rings is 2. The number of amides is 2. The Morgan fingerprint density at radius 3 is 2.18 bits per heavy atom. The van der Waals surface area contributed by atoms with Crippen molar-refractivity contribution < 1.29 is 9.59 Å². The monoisotopic (exact) mass is 154 g/mol. The zero-order chi connectivity index (χ0) is 7.84. The average Bonchev–Trinajstić information content (AvgIpc) is 2.02. The summed E-state index contributed by atoms with van der Waals surface area (Å²) in [5.74, 6) is -0.185. The number of rotatable bonds is 0. The molecule has 2 saturated heterocycles. The molecule has 2 N–H and O–H groups in total. The van der Waals surface area contributed by atoms with Gasteiger partial charge in [0.25, 0.3) is 0 Å². The zero-order valence-electron chi connectivity index (χ0n) is 6.09. The summed E-state index contributed by atoms with van der Waals surface area (Å²) in [6.45, 7) is 1.44. The van der Waals surface area contributed by atoms with Gasteiger partial charge in [0.2, 0.25) is 11.8 Å². The van der Waals surface area contributed by atoms with E-state index in [1.807, 2.05) is 0 Å². The number of imide groups is 1. The second-order valence-electron chi connectivity index (χ2n) is 3.14. The van der Waals surface area contributed by atoms with Crippen LogP contribution >= 0.6 is 0 Å². The summed E-state index contributed by atoms with van der Waals surface area (Å²) in [6, 6.07) is 0. The summed E-state index contributed by atoms with van der Waals surface area (Å²) in [7, 11) is 0. The van der Waals surface area contributed by atoms with Crippen molar-refractivity contribution >= 4 is 11.8 Å². The highest BCUT2D eigenvalue weighted by atomic mass is 16.2. The maximum absolute atomic E-state index is 11.0. The quantitative estimate of drug-likeness (QED) is 0.434. The molecule has 0 aromatic rings. The number of fused-ring (bicyclic) bond motifs is 2. The van der Waals surface area contributed by atoms with E-state index in [0.29, 0.717) is 0 Å². The molecule has 11 heavy (non-hydrogen) atoms. The van der Waals surface area contributed by atoms with Crippen LogP contribution in [-0.4, -0.2) is 24.9 Å². The standard InChI is InChI=1S/C7H10N2O2/c10-6-4-1-5(3-8-2-4)7(11)9-6/h4-5,8H,1-3H2,(H,9,10,11)/t4-,5+. The highest BCUT2D eigenvalue weighted by Gasteiger charge is 2.36. The summed E-state index contributed by atoms with van der Waals surface area (Å²) in [6.07, 6.45) is 0.734. The van der Waals surface area contributed by atoms with Crippen LogP contribution in [0.25, 0.3) is 0 Å². The van der Waals surface area contributed by atoms with Crippen LogP contribution in [0.15, 0.2) is 0 Å². The molecule has 60 valence electrons. The molecule has 2 atom stereocenters. The van der Waals surface area contributed by atoms with Gasteiger partial charge in [-0.1, -0.05) is 0 Å². The van der Waals surface area contributed by atoms with Crippen LogP contribution in [0.1, 0.15) is 6.42 Å². The van der Waals surface area contributed by atoms with Crippen LogP contribution in [0.3, 0.4) is 0 Å². The number of nitrogens with one attached hydrogen (secondary N) is 2. The van der Waals surface area contributed by atoms with E-state index in [1.54, 1.807) is 0 Å². The molecule has 2 rings (SSSR count). The van der Waals surface area contributed by atoms with Crippen LogP contribution < -0.4 is 10.6 Å². The van der Waals surface area contributed by atoms with Crippen molar-refractivity contribution in [2.75, 3.05) is 13.1 Å². The van der Waals surface area contributed by atoms with Crippen molar-refractivity contribution in [1.82, 2.24) is 10.6 Å². The van der Waals surface area contributed by atoms with E-state index in [0.717, 1.165) is 19.5 Å². The van der Waals surface area contributed by atoms with E-state index in [1.165, 1.54) is 0 Å². The van der Waals surface area contributed by atoms with Gasteiger partial charge in [-0.15, -0.1) is 0 Å². The van der Waals surface area contributed by atoms with Gasteiger partial charge in [-0.2, -0.15) is 0 Å². The van der Waals surface area contributed by atoms with Gasteiger partial charge in [0.15, 0.2) is 0 Å². The molecule has 4 heteroatoms. The topological polar surface area (TPSA) is 58.2 Å². The molecule has 2 bridgehead atoms. The second kappa shape index (κ2) is 2.30. The van der Waals surface area contributed by atoms with Crippen molar-refractivity contribution in [2.24, 2.45) is 11.8 Å². The first-order valence-electron chi connectivity index (χ1n) is 3.83. The fourth-order valence-electron chi connectivity index (χ4n) is 1.67. The minimum atomic E-state index is -0.113. The maximum Gasteiger partial charge on any atom is 0.230 e. The van der Waals surface area contributed by atoms with Gasteiger partial charge in [0.1, 0.15) is 0 Å². The molecule has 0 aromatic heterocycles. The van der Waals surface area contributed by atoms with Crippen LogP contribution in [0.5, 0.6) is 0 Å². The smallest absolute Gasteiger partial charge is 0.230 e. The van der Waals surface area contributed by atoms with Gasteiger partial charge in [-0.25, -0.2) is 0 Å². The predicted molar refractivity (Wildman–Crippen MR) is 37.6 cm³/mol. The minimum absolute atomic E-state index is 0.0199. The first-order chi connectivity index (χ1) is 5.27. The third-order valence-electron chi connectivity index (χ3n) is 2.34. The van der Waals surface area contributed by atoms with Crippen molar-refractivity contribution in [3.63, 3.8) is 0 Å². The molecule has 2 aliphatic rings. The summed E-state index contributed by atoms with van der Waals surface area (Å²) in [4.78, 5) is 22.1. The molecule has 2 aliphatic heterocycles. The highest BCUT2D eigenvalue weighted by molar-refractivity contribution is 6.00. The Kier molecular flexibility index (Phi) is 1.42. The first kappa shape index (κ1) is 6.79. The Morgan fingerprint density at radius 2 is 1.64 bits per heavy atom. The van der Waals surface area contributed by atoms with E-state index < -0.39 is 0 Å². The Balaban J connectivity index is 2.17. The van der Waals surface area contributed by atoms with Crippen molar-refractivity contribution in [2.45, 2.75) is 6.42 Å². The number of carbonyl (C=O) groups is 2. The number of hydrogen-bond donors (Lipinski definition) is 2. The van der Waals surface area contributed by atoms with E-state index in [4.69, 9.17) is 0 Å².